The van der Waals surface area contributed by atoms with Crippen LogP contribution in [0.5, 0.6) is 0 Å². The number of likely N-dealkylation sites (N-methyl/N-ethyl adjacent to an activating group) is 1. The van der Waals surface area contributed by atoms with E-state index in [9.17, 15) is 0 Å². The zero-order valence-corrected chi connectivity index (χ0v) is 10.4. The molecule has 0 saturated carbocycles. The Morgan fingerprint density at radius 2 is 2.20 bits per heavy atom. The zero-order chi connectivity index (χ0) is 11.1. The first-order valence-electron chi connectivity index (χ1n) is 6.22. The maximum atomic E-state index is 5.54. The van der Waals surface area contributed by atoms with Crippen LogP contribution in [0.1, 0.15) is 45.4 Å². The van der Waals surface area contributed by atoms with Gasteiger partial charge in [0.2, 0.25) is 0 Å². The Hall–Kier alpha value is -0.340. The minimum Gasteiger partial charge on any atom is -0.380 e. The van der Waals surface area contributed by atoms with E-state index in [1.807, 2.05) is 14.2 Å². The van der Waals surface area contributed by atoms with Gasteiger partial charge in [0.25, 0.3) is 0 Å². The highest BCUT2D eigenvalue weighted by Crippen LogP contribution is 2.23. The van der Waals surface area contributed by atoms with Gasteiger partial charge in [-0.25, -0.2) is 0 Å². The van der Waals surface area contributed by atoms with E-state index in [1.165, 1.54) is 32.1 Å². The minimum absolute atomic E-state index is 0.319. The number of hydrogen-bond acceptors (Lipinski definition) is 2. The summed E-state index contributed by atoms with van der Waals surface area (Å²) in [6, 6.07) is 0.415. The molecule has 1 rings (SSSR count). The highest BCUT2D eigenvalue weighted by atomic mass is 16.5. The maximum Gasteiger partial charge on any atom is 0.0760 e. The normalized spacial score (nSPS) is 21.7. The molecule has 0 radical (unpaired) electrons. The molecule has 0 aromatic carbocycles. The number of methoxy groups -OCH3 is 1. The lowest BCUT2D eigenvalue weighted by Gasteiger charge is -2.27. The largest absolute Gasteiger partial charge is 0.380 e. The zero-order valence-electron chi connectivity index (χ0n) is 10.4. The Balaban J connectivity index is 2.66. The lowest BCUT2D eigenvalue weighted by molar-refractivity contribution is 0.0770. The Morgan fingerprint density at radius 3 is 2.80 bits per heavy atom. The smallest absolute Gasteiger partial charge is 0.0760 e. The van der Waals surface area contributed by atoms with Crippen LogP contribution < -0.4 is 5.32 Å². The Labute approximate surface area is 94.1 Å². The fourth-order valence-corrected chi connectivity index (χ4v) is 2.47. The topological polar surface area (TPSA) is 21.3 Å². The minimum atomic E-state index is 0.319. The van der Waals surface area contributed by atoms with Gasteiger partial charge in [0, 0.05) is 7.11 Å². The van der Waals surface area contributed by atoms with Gasteiger partial charge in [0.1, 0.15) is 0 Å². The van der Waals surface area contributed by atoms with E-state index in [2.05, 4.69) is 18.3 Å². The average Bonchev–Trinajstić information content (AvgIpc) is 2.54. The molecule has 0 spiro atoms. The van der Waals surface area contributed by atoms with Crippen molar-refractivity contribution in [2.24, 2.45) is 0 Å². The second-order valence-corrected chi connectivity index (χ2v) is 4.33. The number of hydrogen-bond donors (Lipinski definition) is 1. The SMILES string of the molecule is CCC(OC)C(NC)C1=CCCCCC1. The fraction of sp³-hybridized carbons (Fsp3) is 0.846. The molecule has 0 saturated heterocycles. The molecule has 0 heterocycles. The molecule has 0 aromatic heterocycles. The van der Waals surface area contributed by atoms with Crippen LogP contribution in [0.3, 0.4) is 0 Å². The van der Waals surface area contributed by atoms with E-state index in [4.69, 9.17) is 4.74 Å². The standard InChI is InChI=1S/C13H25NO/c1-4-12(15-3)13(14-2)11-9-7-5-6-8-10-11/h9,12-14H,4-8,10H2,1-3H3. The third kappa shape index (κ3) is 3.62. The van der Waals surface area contributed by atoms with E-state index >= 15 is 0 Å². The van der Waals surface area contributed by atoms with Gasteiger partial charge in [-0.05, 0) is 39.2 Å². The predicted molar refractivity (Wildman–Crippen MR) is 65.1 cm³/mol. The van der Waals surface area contributed by atoms with Crippen LogP contribution in [-0.4, -0.2) is 26.3 Å². The molecule has 1 aliphatic rings. The second-order valence-electron chi connectivity index (χ2n) is 4.33. The fourth-order valence-electron chi connectivity index (χ4n) is 2.47. The molecule has 1 aliphatic carbocycles. The third-order valence-corrected chi connectivity index (χ3v) is 3.36. The van der Waals surface area contributed by atoms with Crippen molar-refractivity contribution in [2.45, 2.75) is 57.6 Å². The van der Waals surface area contributed by atoms with Crippen molar-refractivity contribution >= 4 is 0 Å². The van der Waals surface area contributed by atoms with E-state index < -0.39 is 0 Å². The van der Waals surface area contributed by atoms with E-state index in [0.717, 1.165) is 6.42 Å². The molecule has 2 atom stereocenters. The second kappa shape index (κ2) is 7.02. The molecule has 2 heteroatoms. The van der Waals surface area contributed by atoms with Crippen molar-refractivity contribution < 1.29 is 4.74 Å². The van der Waals surface area contributed by atoms with Crippen molar-refractivity contribution in [2.75, 3.05) is 14.2 Å². The first kappa shape index (κ1) is 12.7. The van der Waals surface area contributed by atoms with Crippen LogP contribution in [0.4, 0.5) is 0 Å². The summed E-state index contributed by atoms with van der Waals surface area (Å²) in [5, 5.41) is 3.41. The van der Waals surface area contributed by atoms with Gasteiger partial charge in [-0.2, -0.15) is 0 Å². The molecule has 0 aromatic rings. The summed E-state index contributed by atoms with van der Waals surface area (Å²) in [5.41, 5.74) is 1.56. The molecule has 1 N–H and O–H groups in total. The van der Waals surface area contributed by atoms with Crippen LogP contribution in [-0.2, 0) is 4.74 Å². The van der Waals surface area contributed by atoms with E-state index in [1.54, 1.807) is 5.57 Å². The summed E-state index contributed by atoms with van der Waals surface area (Å²) in [6.45, 7) is 2.19. The lowest BCUT2D eigenvalue weighted by atomic mass is 9.96. The van der Waals surface area contributed by atoms with E-state index in [-0.39, 0.29) is 0 Å². The van der Waals surface area contributed by atoms with Crippen molar-refractivity contribution in [1.29, 1.82) is 0 Å². The highest BCUT2D eigenvalue weighted by molar-refractivity contribution is 5.14. The molecule has 88 valence electrons. The van der Waals surface area contributed by atoms with Gasteiger partial charge in [-0.1, -0.05) is 25.0 Å². The van der Waals surface area contributed by atoms with Crippen molar-refractivity contribution in [3.8, 4) is 0 Å². The molecule has 0 bridgehead atoms. The first-order valence-corrected chi connectivity index (χ1v) is 6.22. The van der Waals surface area contributed by atoms with Crippen LogP contribution in [0.15, 0.2) is 11.6 Å². The van der Waals surface area contributed by atoms with Crippen LogP contribution in [0.25, 0.3) is 0 Å². The molecule has 0 amide bonds. The number of rotatable bonds is 5. The summed E-state index contributed by atoms with van der Waals surface area (Å²) >= 11 is 0. The summed E-state index contributed by atoms with van der Waals surface area (Å²) in [6.07, 6.45) is 10.4. The summed E-state index contributed by atoms with van der Waals surface area (Å²) in [4.78, 5) is 0. The van der Waals surface area contributed by atoms with E-state index in [0.29, 0.717) is 12.1 Å². The Bertz CT molecular complexity index is 197. The predicted octanol–water partition coefficient (Wildman–Crippen LogP) is 2.89. The molecular formula is C13H25NO. The van der Waals surface area contributed by atoms with Crippen molar-refractivity contribution in [3.05, 3.63) is 11.6 Å². The van der Waals surface area contributed by atoms with Gasteiger partial charge in [-0.15, -0.1) is 0 Å². The monoisotopic (exact) mass is 211 g/mol. The summed E-state index contributed by atoms with van der Waals surface area (Å²) in [7, 11) is 3.86. The molecule has 0 fully saturated rings. The molecule has 2 nitrogen and oxygen atoms in total. The molecular weight excluding hydrogens is 186 g/mol. The molecule has 2 unspecified atom stereocenters. The lowest BCUT2D eigenvalue weighted by Crippen LogP contribution is -2.40. The number of nitrogens with one attached hydrogen (secondary N) is 1. The van der Waals surface area contributed by atoms with Crippen molar-refractivity contribution in [3.63, 3.8) is 0 Å². The van der Waals surface area contributed by atoms with Crippen LogP contribution in [0.2, 0.25) is 0 Å². The summed E-state index contributed by atoms with van der Waals surface area (Å²) < 4.78 is 5.54. The maximum absolute atomic E-state index is 5.54. The average molecular weight is 211 g/mol. The number of ether oxygens (including phenoxy) is 1. The van der Waals surface area contributed by atoms with Gasteiger partial charge in [0.05, 0.1) is 12.1 Å². The first-order chi connectivity index (χ1) is 7.33. The number of allylic oxidation sites excluding steroid dienone is 1. The quantitative estimate of drug-likeness (QED) is 0.706. The highest BCUT2D eigenvalue weighted by Gasteiger charge is 2.22. The summed E-state index contributed by atoms with van der Waals surface area (Å²) in [5.74, 6) is 0. The van der Waals surface area contributed by atoms with Crippen LogP contribution in [0, 0.1) is 0 Å². The van der Waals surface area contributed by atoms with Crippen molar-refractivity contribution in [1.82, 2.24) is 5.32 Å². The molecule has 15 heavy (non-hydrogen) atoms. The molecule has 0 aliphatic heterocycles. The van der Waals surface area contributed by atoms with Gasteiger partial charge >= 0.3 is 0 Å². The van der Waals surface area contributed by atoms with Crippen LogP contribution >= 0.6 is 0 Å². The van der Waals surface area contributed by atoms with Gasteiger partial charge < -0.3 is 10.1 Å². The van der Waals surface area contributed by atoms with Gasteiger partial charge in [0.15, 0.2) is 0 Å². The third-order valence-electron chi connectivity index (χ3n) is 3.36. The Kier molecular flexibility index (Phi) is 5.96. The Morgan fingerprint density at radius 1 is 1.40 bits per heavy atom. The van der Waals surface area contributed by atoms with Gasteiger partial charge in [-0.3, -0.25) is 0 Å².